The number of nitrogens with zero attached hydrogens (tertiary/aromatic N) is 1. The first kappa shape index (κ1) is 12.3. The van der Waals surface area contributed by atoms with Crippen molar-refractivity contribution in [3.8, 4) is 0 Å². The Labute approximate surface area is 101 Å². The zero-order chi connectivity index (χ0) is 12.3. The Kier molecular flexibility index (Phi) is 3.94. The standard InChI is InChI=1S/C13H18F2N2/c1-2-16-8-10-3-4-17(9-10)13-6-11(14)5-12(15)7-13/h5-7,10,16H,2-4,8-9H2,1H3. The lowest BCUT2D eigenvalue weighted by Gasteiger charge is -2.19. The molecule has 0 saturated carbocycles. The fourth-order valence-electron chi connectivity index (χ4n) is 2.30. The molecule has 1 aromatic rings. The first-order chi connectivity index (χ1) is 8.19. The van der Waals surface area contributed by atoms with Crippen LogP contribution < -0.4 is 10.2 Å². The molecular weight excluding hydrogens is 222 g/mol. The van der Waals surface area contributed by atoms with Crippen molar-refractivity contribution >= 4 is 5.69 Å². The average Bonchev–Trinajstić information content (AvgIpc) is 2.73. The first-order valence-electron chi connectivity index (χ1n) is 6.11. The van der Waals surface area contributed by atoms with Gasteiger partial charge < -0.3 is 10.2 Å². The summed E-state index contributed by atoms with van der Waals surface area (Å²) in [5.41, 5.74) is 0.654. The third-order valence-corrected chi connectivity index (χ3v) is 3.18. The molecule has 4 heteroatoms. The maximum atomic E-state index is 13.1. The van der Waals surface area contributed by atoms with E-state index in [1.54, 1.807) is 0 Å². The van der Waals surface area contributed by atoms with Gasteiger partial charge in [-0.25, -0.2) is 8.78 Å². The summed E-state index contributed by atoms with van der Waals surface area (Å²) in [7, 11) is 0. The van der Waals surface area contributed by atoms with Crippen molar-refractivity contribution in [3.05, 3.63) is 29.8 Å². The van der Waals surface area contributed by atoms with Crippen LogP contribution in [0, 0.1) is 17.6 Å². The molecule has 1 unspecified atom stereocenters. The molecule has 2 nitrogen and oxygen atoms in total. The minimum Gasteiger partial charge on any atom is -0.371 e. The zero-order valence-electron chi connectivity index (χ0n) is 10.0. The van der Waals surface area contributed by atoms with Gasteiger partial charge in [0, 0.05) is 24.8 Å². The molecule has 1 saturated heterocycles. The molecule has 17 heavy (non-hydrogen) atoms. The predicted octanol–water partition coefficient (Wildman–Crippen LogP) is 2.40. The molecule has 0 radical (unpaired) electrons. The van der Waals surface area contributed by atoms with Gasteiger partial charge in [-0.1, -0.05) is 6.92 Å². The van der Waals surface area contributed by atoms with Crippen molar-refractivity contribution < 1.29 is 8.78 Å². The van der Waals surface area contributed by atoms with Crippen molar-refractivity contribution in [3.63, 3.8) is 0 Å². The molecule has 1 aliphatic heterocycles. The minimum absolute atomic E-state index is 0.505. The van der Waals surface area contributed by atoms with Crippen LogP contribution in [0.2, 0.25) is 0 Å². The molecule has 94 valence electrons. The molecule has 1 fully saturated rings. The summed E-state index contributed by atoms with van der Waals surface area (Å²) in [5, 5.41) is 3.31. The summed E-state index contributed by atoms with van der Waals surface area (Å²) in [4.78, 5) is 2.05. The summed E-state index contributed by atoms with van der Waals surface area (Å²) < 4.78 is 26.2. The van der Waals surface area contributed by atoms with Crippen molar-refractivity contribution in [2.75, 3.05) is 31.1 Å². The molecule has 1 aliphatic rings. The van der Waals surface area contributed by atoms with E-state index in [0.29, 0.717) is 11.6 Å². The average molecular weight is 240 g/mol. The van der Waals surface area contributed by atoms with Gasteiger partial charge in [0.15, 0.2) is 0 Å². The van der Waals surface area contributed by atoms with Gasteiger partial charge in [0.25, 0.3) is 0 Å². The Morgan fingerprint density at radius 1 is 1.29 bits per heavy atom. The number of hydrogen-bond donors (Lipinski definition) is 1. The van der Waals surface area contributed by atoms with Gasteiger partial charge in [0.2, 0.25) is 0 Å². The van der Waals surface area contributed by atoms with E-state index in [1.807, 2.05) is 4.90 Å². The number of hydrogen-bond acceptors (Lipinski definition) is 2. The van der Waals surface area contributed by atoms with E-state index in [1.165, 1.54) is 12.1 Å². The maximum Gasteiger partial charge on any atom is 0.128 e. The monoisotopic (exact) mass is 240 g/mol. The number of benzene rings is 1. The number of anilines is 1. The SMILES string of the molecule is CCNCC1CCN(c2cc(F)cc(F)c2)C1. The molecular formula is C13H18F2N2. The van der Waals surface area contributed by atoms with E-state index >= 15 is 0 Å². The van der Waals surface area contributed by atoms with Crippen LogP contribution in [0.5, 0.6) is 0 Å². The van der Waals surface area contributed by atoms with Gasteiger partial charge in [0.05, 0.1) is 0 Å². The van der Waals surface area contributed by atoms with Crippen LogP contribution in [-0.4, -0.2) is 26.2 Å². The maximum absolute atomic E-state index is 13.1. The number of rotatable bonds is 4. The highest BCUT2D eigenvalue weighted by molar-refractivity contribution is 5.47. The Balaban J connectivity index is 1.99. The lowest BCUT2D eigenvalue weighted by Crippen LogP contribution is -2.26. The van der Waals surface area contributed by atoms with E-state index in [9.17, 15) is 8.78 Å². The van der Waals surface area contributed by atoms with Crippen LogP contribution >= 0.6 is 0 Å². The topological polar surface area (TPSA) is 15.3 Å². The van der Waals surface area contributed by atoms with Gasteiger partial charge in [-0.3, -0.25) is 0 Å². The third-order valence-electron chi connectivity index (χ3n) is 3.18. The van der Waals surface area contributed by atoms with Crippen molar-refractivity contribution in [2.24, 2.45) is 5.92 Å². The van der Waals surface area contributed by atoms with E-state index < -0.39 is 11.6 Å². The molecule has 1 N–H and O–H groups in total. The highest BCUT2D eigenvalue weighted by Crippen LogP contribution is 2.25. The third kappa shape index (κ3) is 3.16. The molecule has 1 atom stereocenters. The molecule has 0 amide bonds. The zero-order valence-corrected chi connectivity index (χ0v) is 10.0. The highest BCUT2D eigenvalue weighted by Gasteiger charge is 2.22. The van der Waals surface area contributed by atoms with Crippen LogP contribution in [0.25, 0.3) is 0 Å². The van der Waals surface area contributed by atoms with Gasteiger partial charge in [0.1, 0.15) is 11.6 Å². The van der Waals surface area contributed by atoms with Gasteiger partial charge in [-0.2, -0.15) is 0 Å². The number of nitrogens with one attached hydrogen (secondary N) is 1. The van der Waals surface area contributed by atoms with Crippen LogP contribution in [0.1, 0.15) is 13.3 Å². The van der Waals surface area contributed by atoms with E-state index in [4.69, 9.17) is 0 Å². The molecule has 0 bridgehead atoms. The van der Waals surface area contributed by atoms with Crippen molar-refractivity contribution in [2.45, 2.75) is 13.3 Å². The van der Waals surface area contributed by atoms with Crippen LogP contribution in [0.4, 0.5) is 14.5 Å². The molecule has 0 spiro atoms. The van der Waals surface area contributed by atoms with Gasteiger partial charge in [-0.15, -0.1) is 0 Å². The Morgan fingerprint density at radius 3 is 2.65 bits per heavy atom. The fraction of sp³-hybridized carbons (Fsp3) is 0.538. The fourth-order valence-corrected chi connectivity index (χ4v) is 2.30. The number of halogens is 2. The second-order valence-electron chi connectivity index (χ2n) is 4.54. The molecule has 2 rings (SSSR count). The van der Waals surface area contributed by atoms with Crippen LogP contribution in [0.3, 0.4) is 0 Å². The van der Waals surface area contributed by atoms with Crippen LogP contribution in [0.15, 0.2) is 18.2 Å². The lowest BCUT2D eigenvalue weighted by molar-refractivity contribution is 0.527. The Hall–Kier alpha value is -1.16. The highest BCUT2D eigenvalue weighted by atomic mass is 19.1. The lowest BCUT2D eigenvalue weighted by atomic mass is 10.1. The Bertz CT molecular complexity index is 361. The van der Waals surface area contributed by atoms with Crippen molar-refractivity contribution in [1.29, 1.82) is 0 Å². The molecule has 1 heterocycles. The minimum atomic E-state index is -0.505. The van der Waals surface area contributed by atoms with E-state index in [-0.39, 0.29) is 0 Å². The van der Waals surface area contributed by atoms with E-state index in [2.05, 4.69) is 12.2 Å². The summed E-state index contributed by atoms with van der Waals surface area (Å²) in [5.74, 6) is -0.438. The largest absolute Gasteiger partial charge is 0.371 e. The summed E-state index contributed by atoms with van der Waals surface area (Å²) in [6.07, 6.45) is 1.07. The predicted molar refractivity (Wildman–Crippen MR) is 65.2 cm³/mol. The van der Waals surface area contributed by atoms with E-state index in [0.717, 1.165) is 38.7 Å². The molecule has 0 aliphatic carbocycles. The second kappa shape index (κ2) is 5.45. The second-order valence-corrected chi connectivity index (χ2v) is 4.54. The van der Waals surface area contributed by atoms with Gasteiger partial charge >= 0.3 is 0 Å². The Morgan fingerprint density at radius 2 is 2.00 bits per heavy atom. The summed E-state index contributed by atoms with van der Waals surface area (Å²) in [6, 6.07) is 3.72. The van der Waals surface area contributed by atoms with Crippen LogP contribution in [-0.2, 0) is 0 Å². The normalized spacial score (nSPS) is 19.9. The first-order valence-corrected chi connectivity index (χ1v) is 6.11. The van der Waals surface area contributed by atoms with Gasteiger partial charge in [-0.05, 0) is 37.6 Å². The quantitative estimate of drug-likeness (QED) is 0.869. The van der Waals surface area contributed by atoms with Crippen molar-refractivity contribution in [1.82, 2.24) is 5.32 Å². The molecule has 1 aromatic carbocycles. The summed E-state index contributed by atoms with van der Waals surface area (Å²) >= 11 is 0. The molecule has 0 aromatic heterocycles. The smallest absolute Gasteiger partial charge is 0.128 e. The summed E-state index contributed by atoms with van der Waals surface area (Å²) in [6.45, 7) is 5.76.